The molecule has 3 rings (SSSR count). The molecule has 0 bridgehead atoms. The molecule has 1 saturated heterocycles. The van der Waals surface area contributed by atoms with Gasteiger partial charge in [-0.1, -0.05) is 29.8 Å². The molecule has 29 heavy (non-hydrogen) atoms. The second-order valence-electron chi connectivity index (χ2n) is 7.27. The van der Waals surface area contributed by atoms with E-state index in [9.17, 15) is 17.6 Å². The normalized spacial score (nSPS) is 15.3. The first-order chi connectivity index (χ1) is 13.8. The second-order valence-corrected chi connectivity index (χ2v) is 9.17. The standard InChI is InChI=1S/C21H26FN3O3S/c1-16-3-8-20(17(2)15-16)29(27,28)25-13-11-24(12-14-25)21(26)23-10-9-18-4-6-19(22)7-5-18/h3-8,15H,9-14H2,1-2H3,(H,23,26). The molecule has 0 saturated carbocycles. The Labute approximate surface area is 171 Å². The van der Waals surface area contributed by atoms with Gasteiger partial charge >= 0.3 is 6.03 Å². The third-order valence-electron chi connectivity index (χ3n) is 5.08. The van der Waals surface area contributed by atoms with Crippen molar-refractivity contribution in [2.24, 2.45) is 0 Å². The van der Waals surface area contributed by atoms with Crippen LogP contribution in [0.4, 0.5) is 9.18 Å². The van der Waals surface area contributed by atoms with Crippen molar-refractivity contribution in [2.75, 3.05) is 32.7 Å². The smallest absolute Gasteiger partial charge is 0.317 e. The minimum absolute atomic E-state index is 0.212. The zero-order chi connectivity index (χ0) is 21.0. The number of benzene rings is 2. The number of sulfonamides is 1. The number of hydrogen-bond donors (Lipinski definition) is 1. The lowest BCUT2D eigenvalue weighted by Crippen LogP contribution is -2.53. The van der Waals surface area contributed by atoms with Crippen LogP contribution in [-0.4, -0.2) is 56.4 Å². The van der Waals surface area contributed by atoms with Gasteiger partial charge in [-0.15, -0.1) is 0 Å². The molecule has 1 heterocycles. The number of nitrogens with one attached hydrogen (secondary N) is 1. The summed E-state index contributed by atoms with van der Waals surface area (Å²) in [6.07, 6.45) is 0.604. The minimum Gasteiger partial charge on any atom is -0.338 e. The lowest BCUT2D eigenvalue weighted by Gasteiger charge is -2.34. The molecular weight excluding hydrogens is 393 g/mol. The van der Waals surface area contributed by atoms with E-state index in [1.54, 1.807) is 36.1 Å². The van der Waals surface area contributed by atoms with Crippen LogP contribution in [-0.2, 0) is 16.4 Å². The summed E-state index contributed by atoms with van der Waals surface area (Å²) in [5.74, 6) is -0.286. The highest BCUT2D eigenvalue weighted by Crippen LogP contribution is 2.22. The van der Waals surface area contributed by atoms with E-state index in [1.807, 2.05) is 13.0 Å². The molecule has 2 aromatic carbocycles. The highest BCUT2D eigenvalue weighted by Gasteiger charge is 2.30. The van der Waals surface area contributed by atoms with Gasteiger partial charge in [0.15, 0.2) is 0 Å². The summed E-state index contributed by atoms with van der Waals surface area (Å²) >= 11 is 0. The van der Waals surface area contributed by atoms with Gasteiger partial charge in [-0.2, -0.15) is 4.31 Å². The highest BCUT2D eigenvalue weighted by molar-refractivity contribution is 7.89. The molecule has 0 aliphatic carbocycles. The number of carbonyl (C=O) groups excluding carboxylic acids is 1. The number of halogens is 1. The van der Waals surface area contributed by atoms with E-state index in [1.165, 1.54) is 16.4 Å². The van der Waals surface area contributed by atoms with Crippen molar-refractivity contribution in [1.82, 2.24) is 14.5 Å². The number of piperazine rings is 1. The molecule has 1 aliphatic rings. The quantitative estimate of drug-likeness (QED) is 0.810. The van der Waals surface area contributed by atoms with E-state index in [0.29, 0.717) is 31.0 Å². The predicted molar refractivity (Wildman–Crippen MR) is 110 cm³/mol. The van der Waals surface area contributed by atoms with Crippen LogP contribution in [0.1, 0.15) is 16.7 Å². The Bertz CT molecular complexity index is 969. The Morgan fingerprint density at radius 3 is 2.31 bits per heavy atom. The fourth-order valence-electron chi connectivity index (χ4n) is 3.44. The Morgan fingerprint density at radius 1 is 1.03 bits per heavy atom. The maximum Gasteiger partial charge on any atom is 0.317 e. The molecule has 1 aliphatic heterocycles. The number of aryl methyl sites for hydroxylation is 2. The van der Waals surface area contributed by atoms with Gasteiger partial charge in [0.1, 0.15) is 5.82 Å². The third-order valence-corrected chi connectivity index (χ3v) is 7.14. The lowest BCUT2D eigenvalue weighted by atomic mass is 10.1. The van der Waals surface area contributed by atoms with Gasteiger partial charge in [0, 0.05) is 32.7 Å². The van der Waals surface area contributed by atoms with Crippen molar-refractivity contribution in [2.45, 2.75) is 25.2 Å². The van der Waals surface area contributed by atoms with Gasteiger partial charge in [0.05, 0.1) is 4.90 Å². The summed E-state index contributed by atoms with van der Waals surface area (Å²) in [7, 11) is -3.57. The Kier molecular flexibility index (Phi) is 6.54. The van der Waals surface area contributed by atoms with Crippen LogP contribution in [0.5, 0.6) is 0 Å². The van der Waals surface area contributed by atoms with Gasteiger partial charge in [-0.05, 0) is 49.6 Å². The fourth-order valence-corrected chi connectivity index (χ4v) is 5.06. The first-order valence-electron chi connectivity index (χ1n) is 9.62. The summed E-state index contributed by atoms with van der Waals surface area (Å²) in [5, 5.41) is 2.84. The van der Waals surface area contributed by atoms with Gasteiger partial charge in [0.2, 0.25) is 10.0 Å². The van der Waals surface area contributed by atoms with Crippen LogP contribution in [0.25, 0.3) is 0 Å². The molecule has 1 fully saturated rings. The van der Waals surface area contributed by atoms with Crippen molar-refractivity contribution in [3.8, 4) is 0 Å². The van der Waals surface area contributed by atoms with E-state index < -0.39 is 10.0 Å². The van der Waals surface area contributed by atoms with Crippen molar-refractivity contribution >= 4 is 16.1 Å². The average molecular weight is 420 g/mol. The maximum atomic E-state index is 12.9. The zero-order valence-corrected chi connectivity index (χ0v) is 17.5. The van der Waals surface area contributed by atoms with Crippen LogP contribution in [0.15, 0.2) is 47.4 Å². The first kappa shape index (κ1) is 21.3. The second kappa shape index (κ2) is 8.92. The van der Waals surface area contributed by atoms with Gasteiger partial charge in [-0.3, -0.25) is 0 Å². The average Bonchev–Trinajstić information content (AvgIpc) is 2.69. The Morgan fingerprint density at radius 2 is 1.69 bits per heavy atom. The minimum atomic E-state index is -3.57. The number of urea groups is 1. The molecule has 0 spiro atoms. The monoisotopic (exact) mass is 419 g/mol. The van der Waals surface area contributed by atoms with Crippen molar-refractivity contribution in [3.05, 3.63) is 65.0 Å². The number of amides is 2. The third kappa shape index (κ3) is 5.13. The van der Waals surface area contributed by atoms with Crippen LogP contribution in [0.3, 0.4) is 0 Å². The first-order valence-corrected chi connectivity index (χ1v) is 11.1. The molecule has 156 valence electrons. The Balaban J connectivity index is 1.51. The summed E-state index contributed by atoms with van der Waals surface area (Å²) in [4.78, 5) is 14.3. The molecule has 0 unspecified atom stereocenters. The number of nitrogens with zero attached hydrogens (tertiary/aromatic N) is 2. The molecule has 0 radical (unpaired) electrons. The van der Waals surface area contributed by atoms with Crippen molar-refractivity contribution in [1.29, 1.82) is 0 Å². The van der Waals surface area contributed by atoms with Gasteiger partial charge in [-0.25, -0.2) is 17.6 Å². The summed E-state index contributed by atoms with van der Waals surface area (Å²) < 4.78 is 40.2. The number of rotatable bonds is 5. The van der Waals surface area contributed by atoms with E-state index in [4.69, 9.17) is 0 Å². The highest BCUT2D eigenvalue weighted by atomic mass is 32.2. The molecule has 2 amide bonds. The fraction of sp³-hybridized carbons (Fsp3) is 0.381. The molecular formula is C21H26FN3O3S. The molecule has 2 aromatic rings. The molecule has 8 heteroatoms. The van der Waals surface area contributed by atoms with Crippen molar-refractivity contribution in [3.63, 3.8) is 0 Å². The largest absolute Gasteiger partial charge is 0.338 e. The summed E-state index contributed by atoms with van der Waals surface area (Å²) in [6, 6.07) is 11.3. The van der Waals surface area contributed by atoms with Crippen LogP contribution in [0.2, 0.25) is 0 Å². The summed E-state index contributed by atoms with van der Waals surface area (Å²) in [5.41, 5.74) is 2.69. The topological polar surface area (TPSA) is 69.7 Å². The molecule has 1 N–H and O–H groups in total. The van der Waals surface area contributed by atoms with E-state index in [0.717, 1.165) is 16.7 Å². The van der Waals surface area contributed by atoms with E-state index in [2.05, 4.69) is 5.32 Å². The molecule has 0 atom stereocenters. The van der Waals surface area contributed by atoms with Gasteiger partial charge in [0.25, 0.3) is 0 Å². The molecule has 6 nitrogen and oxygen atoms in total. The predicted octanol–water partition coefficient (Wildman–Crippen LogP) is 2.70. The van der Waals surface area contributed by atoms with Gasteiger partial charge < -0.3 is 10.2 Å². The number of carbonyl (C=O) groups is 1. The molecule has 0 aromatic heterocycles. The maximum absolute atomic E-state index is 12.9. The van der Waals surface area contributed by atoms with Crippen molar-refractivity contribution < 1.29 is 17.6 Å². The lowest BCUT2D eigenvalue weighted by molar-refractivity contribution is 0.172. The van der Waals surface area contributed by atoms with Crippen LogP contribution < -0.4 is 5.32 Å². The van der Waals surface area contributed by atoms with Crippen LogP contribution >= 0.6 is 0 Å². The SMILES string of the molecule is Cc1ccc(S(=O)(=O)N2CCN(C(=O)NCCc3ccc(F)cc3)CC2)c(C)c1. The van der Waals surface area contributed by atoms with E-state index >= 15 is 0 Å². The number of hydrogen-bond acceptors (Lipinski definition) is 3. The zero-order valence-electron chi connectivity index (χ0n) is 16.7. The summed E-state index contributed by atoms with van der Waals surface area (Å²) in [6.45, 7) is 5.37. The Hall–Kier alpha value is -2.45. The van der Waals surface area contributed by atoms with E-state index in [-0.39, 0.29) is 24.9 Å². The van der Waals surface area contributed by atoms with Crippen LogP contribution in [0, 0.1) is 19.7 Å².